The molecule has 0 aliphatic heterocycles. The lowest BCUT2D eigenvalue weighted by Gasteiger charge is -2.19. The van der Waals surface area contributed by atoms with Crippen molar-refractivity contribution in [1.82, 2.24) is 5.32 Å². The zero-order chi connectivity index (χ0) is 15.4. The minimum Gasteiger partial charge on any atom is -0.309 e. The third kappa shape index (κ3) is 3.45. The number of aryl methyl sites for hydroxylation is 2. The van der Waals surface area contributed by atoms with Gasteiger partial charge in [0.25, 0.3) is 0 Å². The third-order valence-electron chi connectivity index (χ3n) is 3.89. The van der Waals surface area contributed by atoms with Gasteiger partial charge in [-0.05, 0) is 54.3 Å². The monoisotopic (exact) mass is 305 g/mol. The van der Waals surface area contributed by atoms with Crippen LogP contribution in [0, 0.1) is 5.82 Å². The van der Waals surface area contributed by atoms with Crippen molar-refractivity contribution in [3.8, 4) is 0 Å². The molecule has 0 aromatic heterocycles. The van der Waals surface area contributed by atoms with Gasteiger partial charge < -0.3 is 5.32 Å². The summed E-state index contributed by atoms with van der Waals surface area (Å²) in [6.45, 7) is 4.34. The van der Waals surface area contributed by atoms with Crippen LogP contribution in [0.5, 0.6) is 0 Å². The van der Waals surface area contributed by atoms with Crippen LogP contribution in [0.3, 0.4) is 0 Å². The first-order valence-electron chi connectivity index (χ1n) is 7.34. The molecule has 0 fully saturated rings. The zero-order valence-corrected chi connectivity index (χ0v) is 13.5. The van der Waals surface area contributed by atoms with Crippen LogP contribution in [-0.2, 0) is 12.8 Å². The average molecular weight is 306 g/mol. The topological polar surface area (TPSA) is 12.0 Å². The lowest BCUT2D eigenvalue weighted by molar-refractivity contribution is 0.624. The number of nitrogens with one attached hydrogen (secondary N) is 1. The summed E-state index contributed by atoms with van der Waals surface area (Å²) in [7, 11) is 1.90. The van der Waals surface area contributed by atoms with Crippen LogP contribution in [0.1, 0.15) is 42.1 Å². The Bertz CT molecular complexity index is 625. The van der Waals surface area contributed by atoms with Crippen LogP contribution in [0.4, 0.5) is 4.39 Å². The van der Waals surface area contributed by atoms with Gasteiger partial charge in [0.1, 0.15) is 5.82 Å². The lowest BCUT2D eigenvalue weighted by Crippen LogP contribution is -2.18. The Balaban J connectivity index is 2.43. The molecule has 1 atom stereocenters. The molecule has 0 saturated carbocycles. The van der Waals surface area contributed by atoms with Gasteiger partial charge in [0.15, 0.2) is 0 Å². The van der Waals surface area contributed by atoms with E-state index in [9.17, 15) is 4.39 Å². The highest BCUT2D eigenvalue weighted by atomic mass is 35.5. The average Bonchev–Trinajstić information content (AvgIpc) is 2.51. The summed E-state index contributed by atoms with van der Waals surface area (Å²) in [6, 6.07) is 11.5. The fourth-order valence-corrected chi connectivity index (χ4v) is 2.91. The van der Waals surface area contributed by atoms with E-state index < -0.39 is 0 Å². The van der Waals surface area contributed by atoms with Crippen molar-refractivity contribution in [2.75, 3.05) is 7.05 Å². The van der Waals surface area contributed by atoms with Crippen molar-refractivity contribution >= 4 is 11.6 Å². The van der Waals surface area contributed by atoms with E-state index in [1.807, 2.05) is 7.05 Å². The summed E-state index contributed by atoms with van der Waals surface area (Å²) in [5, 5.41) is 3.45. The Morgan fingerprint density at radius 3 is 2.19 bits per heavy atom. The normalized spacial score (nSPS) is 12.4. The largest absolute Gasteiger partial charge is 0.309 e. The van der Waals surface area contributed by atoms with Crippen molar-refractivity contribution in [2.45, 2.75) is 32.7 Å². The Hall–Kier alpha value is -1.38. The number of halogens is 2. The molecule has 3 heteroatoms. The minimum atomic E-state index is -0.383. The second kappa shape index (κ2) is 7.06. The van der Waals surface area contributed by atoms with E-state index in [0.717, 1.165) is 18.4 Å². The van der Waals surface area contributed by atoms with Gasteiger partial charge in [0, 0.05) is 0 Å². The third-order valence-corrected chi connectivity index (χ3v) is 4.18. The standard InChI is InChI=1S/C18H21ClFN/c1-4-12-6-7-14(10-13(12)5-2)18(21-3)15-8-9-17(20)16(19)11-15/h6-11,18,21H,4-5H2,1-3H3. The van der Waals surface area contributed by atoms with Gasteiger partial charge in [0.05, 0.1) is 11.1 Å². The van der Waals surface area contributed by atoms with Crippen LogP contribution >= 0.6 is 11.6 Å². The van der Waals surface area contributed by atoms with E-state index in [0.29, 0.717) is 0 Å². The fourth-order valence-electron chi connectivity index (χ4n) is 2.72. The maximum atomic E-state index is 13.3. The first-order chi connectivity index (χ1) is 10.1. The molecule has 0 aliphatic carbocycles. The first kappa shape index (κ1) is 16.0. The maximum absolute atomic E-state index is 13.3. The highest BCUT2D eigenvalue weighted by molar-refractivity contribution is 6.30. The molecule has 2 rings (SSSR count). The van der Waals surface area contributed by atoms with Crippen LogP contribution in [0.15, 0.2) is 36.4 Å². The predicted molar refractivity (Wildman–Crippen MR) is 87.5 cm³/mol. The molecule has 0 spiro atoms. The van der Waals surface area contributed by atoms with E-state index >= 15 is 0 Å². The molecule has 2 aromatic carbocycles. The van der Waals surface area contributed by atoms with E-state index in [-0.39, 0.29) is 16.9 Å². The molecule has 1 nitrogen and oxygen atoms in total. The van der Waals surface area contributed by atoms with Crippen molar-refractivity contribution in [3.05, 3.63) is 69.5 Å². The molecule has 112 valence electrons. The maximum Gasteiger partial charge on any atom is 0.141 e. The Kier molecular flexibility index (Phi) is 5.38. The summed E-state index contributed by atoms with van der Waals surface area (Å²) < 4.78 is 13.3. The summed E-state index contributed by atoms with van der Waals surface area (Å²) in [5.74, 6) is -0.383. The second-order valence-corrected chi connectivity index (χ2v) is 5.54. The Labute approximate surface area is 131 Å². The number of hydrogen-bond donors (Lipinski definition) is 1. The minimum absolute atomic E-state index is 0.0132. The van der Waals surface area contributed by atoms with E-state index in [1.54, 1.807) is 12.1 Å². The van der Waals surface area contributed by atoms with Gasteiger partial charge in [-0.3, -0.25) is 0 Å². The van der Waals surface area contributed by atoms with Crippen LogP contribution < -0.4 is 5.32 Å². The second-order valence-electron chi connectivity index (χ2n) is 5.13. The summed E-state index contributed by atoms with van der Waals surface area (Å²) in [5.41, 5.74) is 4.89. The van der Waals surface area contributed by atoms with Crippen LogP contribution in [0.2, 0.25) is 5.02 Å². The summed E-state index contributed by atoms with van der Waals surface area (Å²) >= 11 is 5.91. The molecule has 0 amide bonds. The van der Waals surface area contributed by atoms with Gasteiger partial charge in [-0.15, -0.1) is 0 Å². The molecule has 0 saturated heterocycles. The molecule has 0 heterocycles. The highest BCUT2D eigenvalue weighted by Crippen LogP contribution is 2.27. The Morgan fingerprint density at radius 1 is 1.00 bits per heavy atom. The Morgan fingerprint density at radius 2 is 1.62 bits per heavy atom. The number of benzene rings is 2. The van der Waals surface area contributed by atoms with Crippen molar-refractivity contribution in [2.24, 2.45) is 0 Å². The van der Waals surface area contributed by atoms with Gasteiger partial charge in [-0.25, -0.2) is 4.39 Å². The lowest BCUT2D eigenvalue weighted by atomic mass is 9.93. The van der Waals surface area contributed by atoms with Gasteiger partial charge in [0.2, 0.25) is 0 Å². The highest BCUT2D eigenvalue weighted by Gasteiger charge is 2.15. The number of rotatable bonds is 5. The molecule has 1 N–H and O–H groups in total. The molecule has 0 radical (unpaired) electrons. The molecular formula is C18H21ClFN. The molecular weight excluding hydrogens is 285 g/mol. The fraction of sp³-hybridized carbons (Fsp3) is 0.333. The molecule has 0 aliphatic rings. The first-order valence-corrected chi connectivity index (χ1v) is 7.72. The van der Waals surface area contributed by atoms with E-state index in [4.69, 9.17) is 11.6 Å². The summed E-state index contributed by atoms with van der Waals surface area (Å²) in [4.78, 5) is 0. The quantitative estimate of drug-likeness (QED) is 0.827. The molecule has 0 bridgehead atoms. The van der Waals surface area contributed by atoms with Crippen molar-refractivity contribution < 1.29 is 4.39 Å². The molecule has 2 aromatic rings. The van der Waals surface area contributed by atoms with E-state index in [2.05, 4.69) is 37.4 Å². The van der Waals surface area contributed by atoms with Crippen molar-refractivity contribution in [3.63, 3.8) is 0 Å². The molecule has 21 heavy (non-hydrogen) atoms. The summed E-state index contributed by atoms with van der Waals surface area (Å²) in [6.07, 6.45) is 2.05. The SMILES string of the molecule is CCc1ccc(C(NC)c2ccc(F)c(Cl)c2)cc1CC. The van der Waals surface area contributed by atoms with Crippen molar-refractivity contribution in [1.29, 1.82) is 0 Å². The van der Waals surface area contributed by atoms with E-state index in [1.165, 1.54) is 22.8 Å². The van der Waals surface area contributed by atoms with Gasteiger partial charge in [-0.2, -0.15) is 0 Å². The van der Waals surface area contributed by atoms with Gasteiger partial charge in [-0.1, -0.05) is 49.7 Å². The van der Waals surface area contributed by atoms with Crippen LogP contribution in [-0.4, -0.2) is 7.05 Å². The van der Waals surface area contributed by atoms with Gasteiger partial charge >= 0.3 is 0 Å². The zero-order valence-electron chi connectivity index (χ0n) is 12.7. The number of hydrogen-bond acceptors (Lipinski definition) is 1. The predicted octanol–water partition coefficient (Wildman–Crippen LogP) is 4.91. The molecule has 1 unspecified atom stereocenters. The smallest absolute Gasteiger partial charge is 0.141 e. The van der Waals surface area contributed by atoms with Crippen LogP contribution in [0.25, 0.3) is 0 Å².